The summed E-state index contributed by atoms with van der Waals surface area (Å²) in [6.45, 7) is 13.5. The monoisotopic (exact) mass is 289 g/mol. The Balaban J connectivity index is 2.04. The molecule has 0 amide bonds. The lowest BCUT2D eigenvalue weighted by Crippen LogP contribution is -2.38. The van der Waals surface area contributed by atoms with Crippen molar-refractivity contribution in [3.63, 3.8) is 0 Å². The van der Waals surface area contributed by atoms with E-state index in [1.807, 2.05) is 13.1 Å². The Hall–Kier alpha value is -1.09. The highest BCUT2D eigenvalue weighted by molar-refractivity contribution is 5.47. The van der Waals surface area contributed by atoms with Gasteiger partial charge in [-0.3, -0.25) is 0 Å². The van der Waals surface area contributed by atoms with Crippen LogP contribution < -0.4 is 10.6 Å². The zero-order valence-electron chi connectivity index (χ0n) is 14.3. The molecule has 2 heterocycles. The van der Waals surface area contributed by atoms with Gasteiger partial charge < -0.3 is 10.6 Å². The van der Waals surface area contributed by atoms with Crippen LogP contribution in [0, 0.1) is 18.3 Å². The van der Waals surface area contributed by atoms with E-state index in [4.69, 9.17) is 10.7 Å². The van der Waals surface area contributed by atoms with Crippen LogP contribution >= 0.6 is 0 Å². The van der Waals surface area contributed by atoms with Crippen molar-refractivity contribution in [2.45, 2.75) is 59.9 Å². The molecule has 1 aliphatic heterocycles. The van der Waals surface area contributed by atoms with Gasteiger partial charge in [0, 0.05) is 25.3 Å². The van der Waals surface area contributed by atoms with E-state index < -0.39 is 0 Å². The summed E-state index contributed by atoms with van der Waals surface area (Å²) in [7, 11) is 0. The van der Waals surface area contributed by atoms with Crippen molar-refractivity contribution in [3.8, 4) is 0 Å². The number of anilines is 1. The number of nitrogens with zero attached hydrogens (tertiary/aromatic N) is 2. The van der Waals surface area contributed by atoms with E-state index in [0.29, 0.717) is 5.41 Å². The van der Waals surface area contributed by atoms with Crippen LogP contribution in [0.25, 0.3) is 0 Å². The van der Waals surface area contributed by atoms with E-state index in [2.05, 4.69) is 38.7 Å². The maximum Gasteiger partial charge on any atom is 0.131 e. The van der Waals surface area contributed by atoms with Gasteiger partial charge in [0.2, 0.25) is 0 Å². The average Bonchev–Trinajstić information content (AvgIpc) is 2.37. The molecule has 0 bridgehead atoms. The van der Waals surface area contributed by atoms with Crippen molar-refractivity contribution in [2.75, 3.05) is 18.0 Å². The topological polar surface area (TPSA) is 42.1 Å². The zero-order valence-corrected chi connectivity index (χ0v) is 14.3. The maximum absolute atomic E-state index is 5.87. The normalized spacial score (nSPS) is 18.9. The van der Waals surface area contributed by atoms with Gasteiger partial charge in [0.25, 0.3) is 0 Å². The van der Waals surface area contributed by atoms with E-state index in [1.165, 1.54) is 24.0 Å². The molecule has 1 aromatic rings. The van der Waals surface area contributed by atoms with Gasteiger partial charge in [0.15, 0.2) is 0 Å². The summed E-state index contributed by atoms with van der Waals surface area (Å²) in [6.07, 6.45) is 5.44. The molecule has 0 radical (unpaired) electrons. The molecule has 118 valence electrons. The number of aromatic nitrogens is 1. The second kappa shape index (κ2) is 6.35. The molecule has 0 spiro atoms. The van der Waals surface area contributed by atoms with Crippen molar-refractivity contribution in [1.82, 2.24) is 4.98 Å². The summed E-state index contributed by atoms with van der Waals surface area (Å²) >= 11 is 0. The van der Waals surface area contributed by atoms with E-state index in [9.17, 15) is 0 Å². The van der Waals surface area contributed by atoms with Crippen LogP contribution in [0.4, 0.5) is 5.82 Å². The first-order valence-electron chi connectivity index (χ1n) is 8.23. The molecule has 2 N–H and O–H groups in total. The highest BCUT2D eigenvalue weighted by Gasteiger charge is 2.29. The van der Waals surface area contributed by atoms with Gasteiger partial charge in [-0.25, -0.2) is 4.98 Å². The minimum Gasteiger partial charge on any atom is -0.356 e. The maximum atomic E-state index is 5.87. The van der Waals surface area contributed by atoms with Crippen LogP contribution in [0.5, 0.6) is 0 Å². The largest absolute Gasteiger partial charge is 0.356 e. The summed E-state index contributed by atoms with van der Waals surface area (Å²) < 4.78 is 0. The Bertz CT molecular complexity index is 466. The van der Waals surface area contributed by atoms with Gasteiger partial charge in [-0.1, -0.05) is 26.8 Å². The molecule has 1 saturated heterocycles. The van der Waals surface area contributed by atoms with Crippen LogP contribution in [-0.4, -0.2) is 24.1 Å². The smallest absolute Gasteiger partial charge is 0.131 e. The fraction of sp³-hybridized carbons (Fsp3) is 0.722. The van der Waals surface area contributed by atoms with E-state index in [-0.39, 0.29) is 6.04 Å². The number of hydrogen-bond donors (Lipinski definition) is 1. The van der Waals surface area contributed by atoms with Crippen molar-refractivity contribution < 1.29 is 0 Å². The van der Waals surface area contributed by atoms with Gasteiger partial charge in [-0.2, -0.15) is 0 Å². The molecular formula is C18H31N3. The fourth-order valence-electron chi connectivity index (χ4n) is 3.40. The van der Waals surface area contributed by atoms with Crippen molar-refractivity contribution >= 4 is 5.82 Å². The zero-order chi connectivity index (χ0) is 15.6. The number of nitrogens with two attached hydrogens (primary N) is 1. The molecule has 1 fully saturated rings. The first-order chi connectivity index (χ1) is 9.77. The average molecular weight is 289 g/mol. The van der Waals surface area contributed by atoms with Crippen LogP contribution in [-0.2, 0) is 6.42 Å². The predicted octanol–water partition coefficient (Wildman–Crippen LogP) is 3.54. The summed E-state index contributed by atoms with van der Waals surface area (Å²) in [5.41, 5.74) is 8.83. The second-order valence-corrected chi connectivity index (χ2v) is 7.79. The third-order valence-corrected chi connectivity index (χ3v) is 4.68. The van der Waals surface area contributed by atoms with E-state index >= 15 is 0 Å². The Morgan fingerprint density at radius 3 is 2.43 bits per heavy atom. The lowest BCUT2D eigenvalue weighted by atomic mass is 9.75. The van der Waals surface area contributed by atoms with Crippen LogP contribution in [0.15, 0.2) is 12.3 Å². The van der Waals surface area contributed by atoms with Crippen molar-refractivity contribution in [2.24, 2.45) is 17.1 Å². The first-order valence-corrected chi connectivity index (χ1v) is 8.23. The SMILES string of the molecule is Cc1cc(CC(C)N)cnc1N1CCC(C(C)(C)C)CC1. The molecule has 3 nitrogen and oxygen atoms in total. The number of piperidine rings is 1. The summed E-state index contributed by atoms with van der Waals surface area (Å²) in [5, 5.41) is 0. The molecule has 1 unspecified atom stereocenters. The van der Waals surface area contributed by atoms with Crippen LogP contribution in [0.2, 0.25) is 0 Å². The van der Waals surface area contributed by atoms with Crippen molar-refractivity contribution in [1.29, 1.82) is 0 Å². The number of aryl methyl sites for hydroxylation is 1. The van der Waals surface area contributed by atoms with Gasteiger partial charge >= 0.3 is 0 Å². The number of hydrogen-bond acceptors (Lipinski definition) is 3. The van der Waals surface area contributed by atoms with Gasteiger partial charge in [-0.05, 0) is 55.6 Å². The molecule has 1 atom stereocenters. The molecule has 0 aromatic carbocycles. The molecule has 0 aliphatic carbocycles. The molecule has 0 saturated carbocycles. The third kappa shape index (κ3) is 4.19. The highest BCUT2D eigenvalue weighted by atomic mass is 15.2. The Labute approximate surface area is 129 Å². The minimum absolute atomic E-state index is 0.194. The molecule has 21 heavy (non-hydrogen) atoms. The summed E-state index contributed by atoms with van der Waals surface area (Å²) in [5.74, 6) is 1.99. The number of pyridine rings is 1. The minimum atomic E-state index is 0.194. The standard InChI is InChI=1S/C18H31N3/c1-13-10-15(11-14(2)19)12-20-17(13)21-8-6-16(7-9-21)18(3,4)5/h10,12,14,16H,6-9,11,19H2,1-5H3. The highest BCUT2D eigenvalue weighted by Crippen LogP contribution is 2.35. The number of rotatable bonds is 3. The Morgan fingerprint density at radius 1 is 1.33 bits per heavy atom. The predicted molar refractivity (Wildman–Crippen MR) is 90.7 cm³/mol. The Morgan fingerprint density at radius 2 is 1.95 bits per heavy atom. The van der Waals surface area contributed by atoms with E-state index in [0.717, 1.165) is 31.2 Å². The lowest BCUT2D eigenvalue weighted by molar-refractivity contribution is 0.198. The lowest BCUT2D eigenvalue weighted by Gasteiger charge is -2.39. The molecule has 2 rings (SSSR count). The molecule has 1 aromatic heterocycles. The molecule has 1 aliphatic rings. The quantitative estimate of drug-likeness (QED) is 0.925. The summed E-state index contributed by atoms with van der Waals surface area (Å²) in [4.78, 5) is 7.16. The summed E-state index contributed by atoms with van der Waals surface area (Å²) in [6, 6.07) is 2.45. The van der Waals surface area contributed by atoms with Crippen LogP contribution in [0.1, 0.15) is 51.7 Å². The fourth-order valence-corrected chi connectivity index (χ4v) is 3.40. The van der Waals surface area contributed by atoms with Gasteiger partial charge in [0.1, 0.15) is 5.82 Å². The first kappa shape index (κ1) is 16.3. The third-order valence-electron chi connectivity index (χ3n) is 4.68. The Kier molecular flexibility index (Phi) is 4.92. The van der Waals surface area contributed by atoms with Crippen LogP contribution in [0.3, 0.4) is 0 Å². The van der Waals surface area contributed by atoms with Gasteiger partial charge in [0.05, 0.1) is 0 Å². The van der Waals surface area contributed by atoms with Crippen molar-refractivity contribution in [3.05, 3.63) is 23.4 Å². The molecule has 3 heteroatoms. The second-order valence-electron chi connectivity index (χ2n) is 7.79. The van der Waals surface area contributed by atoms with Gasteiger partial charge in [-0.15, -0.1) is 0 Å². The van der Waals surface area contributed by atoms with E-state index in [1.54, 1.807) is 0 Å². The molecular weight excluding hydrogens is 258 g/mol.